The predicted molar refractivity (Wildman–Crippen MR) is 62.3 cm³/mol. The van der Waals surface area contributed by atoms with E-state index >= 15 is 0 Å². The zero-order valence-electron chi connectivity index (χ0n) is 9.64. The molecule has 17 heavy (non-hydrogen) atoms. The fourth-order valence-electron chi connectivity index (χ4n) is 1.87. The second-order valence-electron chi connectivity index (χ2n) is 4.29. The topological polar surface area (TPSA) is 29.5 Å². The number of alkyl halides is 1. The van der Waals surface area contributed by atoms with Crippen molar-refractivity contribution in [3.8, 4) is 0 Å². The third kappa shape index (κ3) is 3.19. The van der Waals surface area contributed by atoms with Crippen LogP contribution >= 0.6 is 0 Å². The highest BCUT2D eigenvalue weighted by Gasteiger charge is 2.31. The number of amides is 1. The summed E-state index contributed by atoms with van der Waals surface area (Å²) >= 11 is 0. The SMILES string of the molecule is O=C(OCc1ccccc1)N1CC(CCF)C1. The van der Waals surface area contributed by atoms with E-state index in [0.29, 0.717) is 32.0 Å². The number of likely N-dealkylation sites (tertiary alicyclic amines) is 1. The molecule has 0 saturated carbocycles. The number of halogens is 1. The third-order valence-corrected chi connectivity index (χ3v) is 2.94. The van der Waals surface area contributed by atoms with Crippen molar-refractivity contribution < 1.29 is 13.9 Å². The summed E-state index contributed by atoms with van der Waals surface area (Å²) in [5, 5.41) is 0. The number of hydrogen-bond acceptors (Lipinski definition) is 2. The molecule has 4 heteroatoms. The van der Waals surface area contributed by atoms with Crippen molar-refractivity contribution in [1.82, 2.24) is 4.90 Å². The van der Waals surface area contributed by atoms with Crippen molar-refractivity contribution in [1.29, 1.82) is 0 Å². The van der Waals surface area contributed by atoms with Gasteiger partial charge in [-0.25, -0.2) is 4.79 Å². The van der Waals surface area contributed by atoms with Gasteiger partial charge in [0.1, 0.15) is 6.61 Å². The molecule has 1 amide bonds. The molecule has 1 fully saturated rings. The van der Waals surface area contributed by atoms with Crippen LogP contribution in [0.25, 0.3) is 0 Å². The van der Waals surface area contributed by atoms with Crippen LogP contribution in [-0.4, -0.2) is 30.8 Å². The molecule has 0 N–H and O–H groups in total. The van der Waals surface area contributed by atoms with Gasteiger partial charge in [-0.05, 0) is 17.9 Å². The first-order valence-corrected chi connectivity index (χ1v) is 5.81. The number of carbonyl (C=O) groups excluding carboxylic acids is 1. The zero-order valence-corrected chi connectivity index (χ0v) is 9.64. The Morgan fingerprint density at radius 2 is 2.06 bits per heavy atom. The number of benzene rings is 1. The van der Waals surface area contributed by atoms with Crippen LogP contribution < -0.4 is 0 Å². The maximum absolute atomic E-state index is 12.0. The van der Waals surface area contributed by atoms with E-state index in [2.05, 4.69) is 0 Å². The molecule has 0 radical (unpaired) electrons. The van der Waals surface area contributed by atoms with Crippen molar-refractivity contribution in [3.05, 3.63) is 35.9 Å². The summed E-state index contributed by atoms with van der Waals surface area (Å²) in [6, 6.07) is 9.56. The minimum atomic E-state index is -0.308. The molecule has 0 unspecified atom stereocenters. The highest BCUT2D eigenvalue weighted by Crippen LogP contribution is 2.20. The summed E-state index contributed by atoms with van der Waals surface area (Å²) in [7, 11) is 0. The van der Waals surface area contributed by atoms with Crippen LogP contribution in [0.3, 0.4) is 0 Å². The first-order valence-electron chi connectivity index (χ1n) is 5.81. The molecule has 0 aromatic heterocycles. The molecule has 1 aromatic carbocycles. The minimum absolute atomic E-state index is 0.296. The van der Waals surface area contributed by atoms with Crippen LogP contribution in [0.5, 0.6) is 0 Å². The van der Waals surface area contributed by atoms with Crippen molar-refractivity contribution in [2.75, 3.05) is 19.8 Å². The molecular formula is C13H16FNO2. The maximum atomic E-state index is 12.0. The highest BCUT2D eigenvalue weighted by molar-refractivity contribution is 5.68. The Labute approximate surface area is 100 Å². The van der Waals surface area contributed by atoms with Gasteiger partial charge in [-0.15, -0.1) is 0 Å². The lowest BCUT2D eigenvalue weighted by atomic mass is 9.98. The van der Waals surface area contributed by atoms with Crippen molar-refractivity contribution in [2.24, 2.45) is 5.92 Å². The van der Waals surface area contributed by atoms with Crippen LogP contribution in [0.2, 0.25) is 0 Å². The molecule has 1 aliphatic heterocycles. The van der Waals surface area contributed by atoms with E-state index in [9.17, 15) is 9.18 Å². The predicted octanol–water partition coefficient (Wildman–Crippen LogP) is 2.61. The molecular weight excluding hydrogens is 221 g/mol. The number of nitrogens with zero attached hydrogens (tertiary/aromatic N) is 1. The maximum Gasteiger partial charge on any atom is 0.410 e. The van der Waals surface area contributed by atoms with E-state index in [1.807, 2.05) is 30.3 Å². The number of rotatable bonds is 4. The Morgan fingerprint density at radius 3 is 2.71 bits per heavy atom. The average molecular weight is 237 g/mol. The van der Waals surface area contributed by atoms with Gasteiger partial charge in [0.05, 0.1) is 6.67 Å². The molecule has 92 valence electrons. The van der Waals surface area contributed by atoms with Gasteiger partial charge in [-0.2, -0.15) is 0 Å². The summed E-state index contributed by atoms with van der Waals surface area (Å²) in [6.07, 6.45) is 0.242. The van der Waals surface area contributed by atoms with Gasteiger partial charge in [0.25, 0.3) is 0 Å². The smallest absolute Gasteiger partial charge is 0.410 e. The van der Waals surface area contributed by atoms with E-state index in [0.717, 1.165) is 5.56 Å². The quantitative estimate of drug-likeness (QED) is 0.805. The fourth-order valence-corrected chi connectivity index (χ4v) is 1.87. The third-order valence-electron chi connectivity index (χ3n) is 2.94. The Hall–Kier alpha value is -1.58. The summed E-state index contributed by atoms with van der Waals surface area (Å²) in [4.78, 5) is 13.2. The lowest BCUT2D eigenvalue weighted by molar-refractivity contribution is 0.0453. The van der Waals surface area contributed by atoms with Gasteiger partial charge >= 0.3 is 6.09 Å². The van der Waals surface area contributed by atoms with Gasteiger partial charge in [-0.1, -0.05) is 30.3 Å². The minimum Gasteiger partial charge on any atom is -0.445 e. The Morgan fingerprint density at radius 1 is 1.35 bits per heavy atom. The molecule has 0 atom stereocenters. The Bertz CT molecular complexity index is 363. The number of ether oxygens (including phenoxy) is 1. The van der Waals surface area contributed by atoms with Gasteiger partial charge in [0.2, 0.25) is 0 Å². The zero-order chi connectivity index (χ0) is 12.1. The van der Waals surface area contributed by atoms with Gasteiger partial charge in [0, 0.05) is 13.1 Å². The van der Waals surface area contributed by atoms with Crippen molar-refractivity contribution >= 4 is 6.09 Å². The van der Waals surface area contributed by atoms with Crippen LogP contribution in [0.1, 0.15) is 12.0 Å². The molecule has 1 aromatic rings. The standard InChI is InChI=1S/C13H16FNO2/c14-7-6-12-8-15(9-12)13(16)17-10-11-4-2-1-3-5-11/h1-5,12H,6-10H2. The summed E-state index contributed by atoms with van der Waals surface area (Å²) in [6.45, 7) is 1.23. The Balaban J connectivity index is 1.69. The average Bonchev–Trinajstić information content (AvgIpc) is 2.31. The molecule has 2 rings (SSSR count). The van der Waals surface area contributed by atoms with Gasteiger partial charge in [0.15, 0.2) is 0 Å². The molecule has 1 aliphatic rings. The van der Waals surface area contributed by atoms with Crippen molar-refractivity contribution in [3.63, 3.8) is 0 Å². The molecule has 0 bridgehead atoms. The molecule has 0 aliphatic carbocycles. The lowest BCUT2D eigenvalue weighted by Gasteiger charge is -2.37. The normalized spacial score (nSPS) is 15.5. The van der Waals surface area contributed by atoms with E-state index in [1.54, 1.807) is 4.90 Å². The lowest BCUT2D eigenvalue weighted by Crippen LogP contribution is -2.50. The van der Waals surface area contributed by atoms with Crippen LogP contribution in [-0.2, 0) is 11.3 Å². The van der Waals surface area contributed by atoms with Gasteiger partial charge < -0.3 is 9.64 Å². The second-order valence-corrected chi connectivity index (χ2v) is 4.29. The second kappa shape index (κ2) is 5.66. The van der Waals surface area contributed by atoms with Gasteiger partial charge in [-0.3, -0.25) is 4.39 Å². The largest absolute Gasteiger partial charge is 0.445 e. The summed E-state index contributed by atoms with van der Waals surface area (Å²) in [5.41, 5.74) is 0.974. The van der Waals surface area contributed by atoms with Crippen molar-refractivity contribution in [2.45, 2.75) is 13.0 Å². The Kier molecular flexibility index (Phi) is 3.96. The highest BCUT2D eigenvalue weighted by atomic mass is 19.1. The van der Waals surface area contributed by atoms with Crippen LogP contribution in [0, 0.1) is 5.92 Å². The fraction of sp³-hybridized carbons (Fsp3) is 0.462. The van der Waals surface area contributed by atoms with E-state index in [1.165, 1.54) is 0 Å². The molecule has 1 heterocycles. The first kappa shape index (κ1) is 11.9. The number of hydrogen-bond donors (Lipinski definition) is 0. The van der Waals surface area contributed by atoms with E-state index < -0.39 is 0 Å². The number of carbonyl (C=O) groups is 1. The summed E-state index contributed by atoms with van der Waals surface area (Å²) in [5.74, 6) is 0.310. The molecule has 3 nitrogen and oxygen atoms in total. The molecule has 0 spiro atoms. The van der Waals surface area contributed by atoms with E-state index in [-0.39, 0.29) is 12.8 Å². The molecule has 1 saturated heterocycles. The van der Waals surface area contributed by atoms with Crippen LogP contribution in [0.15, 0.2) is 30.3 Å². The first-order chi connectivity index (χ1) is 8.29. The monoisotopic (exact) mass is 237 g/mol. The summed E-state index contributed by atoms with van der Waals surface area (Å²) < 4.78 is 17.2. The van der Waals surface area contributed by atoms with Crippen LogP contribution in [0.4, 0.5) is 9.18 Å². The van der Waals surface area contributed by atoms with E-state index in [4.69, 9.17) is 4.74 Å².